The molecule has 1 fully saturated rings. The number of carbonyl (C=O) groups excluding carboxylic acids is 1. The smallest absolute Gasteiger partial charge is 0.398 e. The largest absolute Gasteiger partial charge is 0.418 e. The lowest BCUT2D eigenvalue weighted by molar-refractivity contribution is -0.136. The van der Waals surface area contributed by atoms with Crippen molar-refractivity contribution >= 4 is 11.6 Å². The van der Waals surface area contributed by atoms with E-state index in [1.807, 2.05) is 13.8 Å². The lowest BCUT2D eigenvalue weighted by atomic mass is 10.1. The number of amides is 1. The van der Waals surface area contributed by atoms with Gasteiger partial charge in [-0.3, -0.25) is 4.79 Å². The highest BCUT2D eigenvalue weighted by atomic mass is 19.4. The molecule has 1 aromatic rings. The molecule has 0 saturated carbocycles. The third-order valence-electron chi connectivity index (χ3n) is 3.31. The van der Waals surface area contributed by atoms with Crippen LogP contribution in [0, 0.1) is 0 Å². The molecule has 0 bridgehead atoms. The fraction of sp³-hybridized carbons (Fsp3) is 0.500. The molecule has 2 atom stereocenters. The number of nitrogens with zero attached hydrogens (tertiary/aromatic N) is 1. The summed E-state index contributed by atoms with van der Waals surface area (Å²) in [6.45, 7) is 4.35. The first-order valence-corrected chi connectivity index (χ1v) is 6.60. The van der Waals surface area contributed by atoms with Crippen molar-refractivity contribution in [2.45, 2.75) is 32.2 Å². The van der Waals surface area contributed by atoms with Gasteiger partial charge < -0.3 is 15.4 Å². The van der Waals surface area contributed by atoms with Crippen LogP contribution in [0.25, 0.3) is 0 Å². The number of morpholine rings is 1. The van der Waals surface area contributed by atoms with E-state index >= 15 is 0 Å². The predicted octanol–water partition coefficient (Wildman–Crippen LogP) is 2.54. The first-order valence-electron chi connectivity index (χ1n) is 6.60. The summed E-state index contributed by atoms with van der Waals surface area (Å²) in [5.41, 5.74) is 3.95. The van der Waals surface area contributed by atoms with Crippen LogP contribution in [0.1, 0.15) is 29.8 Å². The van der Waals surface area contributed by atoms with Gasteiger partial charge in [-0.25, -0.2) is 0 Å². The molecule has 1 aliphatic rings. The number of nitrogen functional groups attached to an aromatic ring is 1. The Morgan fingerprint density at radius 1 is 1.29 bits per heavy atom. The van der Waals surface area contributed by atoms with E-state index in [9.17, 15) is 18.0 Å². The first kappa shape index (κ1) is 15.6. The normalized spacial score (nSPS) is 23.2. The average molecular weight is 302 g/mol. The van der Waals surface area contributed by atoms with Crippen LogP contribution in [0.2, 0.25) is 0 Å². The van der Waals surface area contributed by atoms with E-state index in [2.05, 4.69) is 0 Å². The molecule has 2 rings (SSSR count). The Morgan fingerprint density at radius 2 is 1.86 bits per heavy atom. The van der Waals surface area contributed by atoms with Gasteiger partial charge in [0.2, 0.25) is 0 Å². The van der Waals surface area contributed by atoms with Crippen LogP contribution in [0.5, 0.6) is 0 Å². The van der Waals surface area contributed by atoms with Gasteiger partial charge >= 0.3 is 6.18 Å². The third kappa shape index (κ3) is 3.47. The molecule has 1 heterocycles. The molecule has 0 radical (unpaired) electrons. The highest BCUT2D eigenvalue weighted by molar-refractivity contribution is 5.95. The van der Waals surface area contributed by atoms with Crippen molar-refractivity contribution in [3.05, 3.63) is 29.3 Å². The quantitative estimate of drug-likeness (QED) is 0.811. The minimum Gasteiger partial charge on any atom is -0.398 e. The molecular formula is C14H17F3N2O2. The lowest BCUT2D eigenvalue weighted by Gasteiger charge is -2.35. The van der Waals surface area contributed by atoms with E-state index in [-0.39, 0.29) is 23.5 Å². The summed E-state index contributed by atoms with van der Waals surface area (Å²) in [6, 6.07) is 3.24. The second kappa shape index (κ2) is 5.55. The van der Waals surface area contributed by atoms with Crippen LogP contribution >= 0.6 is 0 Å². The molecule has 4 nitrogen and oxygen atoms in total. The molecule has 1 saturated heterocycles. The number of anilines is 1. The van der Waals surface area contributed by atoms with Gasteiger partial charge in [0.15, 0.2) is 0 Å². The summed E-state index contributed by atoms with van der Waals surface area (Å²) in [5, 5.41) is 0. The van der Waals surface area contributed by atoms with E-state index < -0.39 is 17.6 Å². The van der Waals surface area contributed by atoms with Crippen LogP contribution < -0.4 is 5.73 Å². The molecule has 1 aromatic carbocycles. The van der Waals surface area contributed by atoms with E-state index in [0.29, 0.717) is 13.1 Å². The summed E-state index contributed by atoms with van der Waals surface area (Å²) < 4.78 is 44.0. The van der Waals surface area contributed by atoms with Crippen LogP contribution in [-0.2, 0) is 10.9 Å². The Morgan fingerprint density at radius 3 is 2.38 bits per heavy atom. The van der Waals surface area contributed by atoms with Crippen LogP contribution in [-0.4, -0.2) is 36.1 Å². The van der Waals surface area contributed by atoms with Crippen LogP contribution in [0.4, 0.5) is 18.9 Å². The molecule has 2 unspecified atom stereocenters. The molecule has 0 spiro atoms. The highest BCUT2D eigenvalue weighted by Gasteiger charge is 2.34. The minimum absolute atomic E-state index is 0.0159. The van der Waals surface area contributed by atoms with Crippen molar-refractivity contribution in [3.63, 3.8) is 0 Å². The van der Waals surface area contributed by atoms with Gasteiger partial charge in [-0.2, -0.15) is 13.2 Å². The van der Waals surface area contributed by atoms with Crippen molar-refractivity contribution < 1.29 is 22.7 Å². The molecule has 0 aromatic heterocycles. The first-order chi connectivity index (χ1) is 9.68. The van der Waals surface area contributed by atoms with Crippen molar-refractivity contribution in [2.75, 3.05) is 18.8 Å². The van der Waals surface area contributed by atoms with Crippen LogP contribution in [0.15, 0.2) is 18.2 Å². The van der Waals surface area contributed by atoms with Gasteiger partial charge in [-0.1, -0.05) is 0 Å². The molecule has 116 valence electrons. The molecule has 1 aliphatic heterocycles. The molecule has 2 N–H and O–H groups in total. The molecule has 7 heteroatoms. The van der Waals surface area contributed by atoms with E-state index in [1.54, 1.807) is 0 Å². The van der Waals surface area contributed by atoms with Crippen molar-refractivity contribution in [2.24, 2.45) is 0 Å². The van der Waals surface area contributed by atoms with Crippen molar-refractivity contribution in [1.29, 1.82) is 0 Å². The van der Waals surface area contributed by atoms with E-state index in [1.165, 1.54) is 11.0 Å². The Bertz CT molecular complexity index is 536. The zero-order chi connectivity index (χ0) is 15.8. The van der Waals surface area contributed by atoms with Gasteiger partial charge in [-0.05, 0) is 32.0 Å². The molecule has 0 aliphatic carbocycles. The topological polar surface area (TPSA) is 55.6 Å². The van der Waals surface area contributed by atoms with Crippen LogP contribution in [0.3, 0.4) is 0 Å². The molecule has 1 amide bonds. The second-order valence-corrected chi connectivity index (χ2v) is 5.27. The SMILES string of the molecule is CC1CN(C(=O)c2ccc(N)c(C(F)(F)F)c2)CC(C)O1. The summed E-state index contributed by atoms with van der Waals surface area (Å²) in [7, 11) is 0. The minimum atomic E-state index is -4.58. The Hall–Kier alpha value is -1.76. The zero-order valence-corrected chi connectivity index (χ0v) is 11.8. The van der Waals surface area contributed by atoms with Gasteiger partial charge in [0.1, 0.15) is 0 Å². The fourth-order valence-corrected chi connectivity index (χ4v) is 2.46. The fourth-order valence-electron chi connectivity index (χ4n) is 2.46. The molecular weight excluding hydrogens is 285 g/mol. The number of hydrogen-bond acceptors (Lipinski definition) is 3. The number of benzene rings is 1. The Labute approximate surface area is 120 Å². The van der Waals surface area contributed by atoms with E-state index in [4.69, 9.17) is 10.5 Å². The number of nitrogens with two attached hydrogens (primary N) is 1. The van der Waals surface area contributed by atoms with E-state index in [0.717, 1.165) is 12.1 Å². The Balaban J connectivity index is 2.27. The van der Waals surface area contributed by atoms with Gasteiger partial charge in [0.05, 0.1) is 17.8 Å². The van der Waals surface area contributed by atoms with Crippen molar-refractivity contribution in [3.8, 4) is 0 Å². The Kier molecular flexibility index (Phi) is 4.13. The number of halogens is 3. The van der Waals surface area contributed by atoms with Gasteiger partial charge in [0.25, 0.3) is 5.91 Å². The maximum atomic E-state index is 12.8. The standard InChI is InChI=1S/C14H17F3N2O2/c1-8-6-19(7-9(2)21-8)13(20)10-3-4-12(18)11(5-10)14(15,16)17/h3-5,8-9H,6-7,18H2,1-2H3. The van der Waals surface area contributed by atoms with Gasteiger partial charge in [-0.15, -0.1) is 0 Å². The average Bonchev–Trinajstić information content (AvgIpc) is 2.36. The third-order valence-corrected chi connectivity index (χ3v) is 3.31. The summed E-state index contributed by atoms with van der Waals surface area (Å²) in [6.07, 6.45) is -4.87. The maximum absolute atomic E-state index is 12.8. The summed E-state index contributed by atoms with van der Waals surface area (Å²) >= 11 is 0. The highest BCUT2D eigenvalue weighted by Crippen LogP contribution is 2.34. The summed E-state index contributed by atoms with van der Waals surface area (Å²) in [5.74, 6) is -0.442. The molecule has 21 heavy (non-hydrogen) atoms. The number of ether oxygens (including phenoxy) is 1. The van der Waals surface area contributed by atoms with Crippen molar-refractivity contribution in [1.82, 2.24) is 4.90 Å². The monoisotopic (exact) mass is 302 g/mol. The maximum Gasteiger partial charge on any atom is 0.418 e. The number of hydrogen-bond donors (Lipinski definition) is 1. The number of rotatable bonds is 1. The number of alkyl halides is 3. The predicted molar refractivity (Wildman–Crippen MR) is 71.8 cm³/mol. The summed E-state index contributed by atoms with van der Waals surface area (Å²) in [4.78, 5) is 13.8. The van der Waals surface area contributed by atoms with Gasteiger partial charge in [0, 0.05) is 24.3 Å². The second-order valence-electron chi connectivity index (χ2n) is 5.27. The zero-order valence-electron chi connectivity index (χ0n) is 11.8. The number of carbonyl (C=O) groups is 1. The lowest BCUT2D eigenvalue weighted by Crippen LogP contribution is -2.48.